The molecule has 0 radical (unpaired) electrons. The van der Waals surface area contributed by atoms with Crippen LogP contribution in [0.1, 0.15) is 43.7 Å². The minimum atomic E-state index is 0.530. The molecule has 1 fully saturated rings. The minimum Gasteiger partial charge on any atom is -0.316 e. The van der Waals surface area contributed by atoms with Gasteiger partial charge in [-0.15, -0.1) is 0 Å². The third-order valence-electron chi connectivity index (χ3n) is 4.24. The van der Waals surface area contributed by atoms with E-state index in [-0.39, 0.29) is 0 Å². The molecule has 0 aliphatic heterocycles. The summed E-state index contributed by atoms with van der Waals surface area (Å²) in [5, 5.41) is 3.57. The smallest absolute Gasteiger partial charge is 0.00109 e. The van der Waals surface area contributed by atoms with Crippen molar-refractivity contribution < 1.29 is 0 Å². The second kappa shape index (κ2) is 5.68. The Morgan fingerprint density at radius 3 is 2.53 bits per heavy atom. The first kappa shape index (κ1) is 12.6. The number of hydrogen-bond donors (Lipinski definition) is 1. The molecule has 0 atom stereocenters. The molecule has 0 aromatic heterocycles. The molecule has 1 nitrogen and oxygen atoms in total. The standard InChI is InChI=1S/C16H25N/c1-3-17-13-16(10-6-7-11-16)12-15-9-5-4-8-14(15)2/h4-5,8-9,17H,3,6-7,10-13H2,1-2H3. The second-order valence-corrected chi connectivity index (χ2v) is 5.59. The molecule has 94 valence electrons. The zero-order valence-corrected chi connectivity index (χ0v) is 11.3. The fraction of sp³-hybridized carbons (Fsp3) is 0.625. The predicted octanol–water partition coefficient (Wildman–Crippen LogP) is 3.71. The maximum atomic E-state index is 3.57. The molecule has 0 unspecified atom stereocenters. The van der Waals surface area contributed by atoms with Crippen LogP contribution in [0.2, 0.25) is 0 Å². The molecule has 0 spiro atoms. The van der Waals surface area contributed by atoms with Crippen molar-refractivity contribution >= 4 is 0 Å². The van der Waals surface area contributed by atoms with Crippen LogP contribution in [0.25, 0.3) is 0 Å². The molecule has 2 rings (SSSR count). The van der Waals surface area contributed by atoms with Gasteiger partial charge in [0, 0.05) is 6.54 Å². The van der Waals surface area contributed by atoms with Crippen LogP contribution in [0.5, 0.6) is 0 Å². The lowest BCUT2D eigenvalue weighted by atomic mass is 9.79. The van der Waals surface area contributed by atoms with Gasteiger partial charge < -0.3 is 5.32 Å². The van der Waals surface area contributed by atoms with Crippen LogP contribution < -0.4 is 5.32 Å². The van der Waals surface area contributed by atoms with E-state index in [0.717, 1.165) is 6.54 Å². The Morgan fingerprint density at radius 2 is 1.88 bits per heavy atom. The van der Waals surface area contributed by atoms with Gasteiger partial charge >= 0.3 is 0 Å². The SMILES string of the molecule is CCNCC1(Cc2ccccc2C)CCCC1. The van der Waals surface area contributed by atoms with Crippen molar-refractivity contribution in [1.82, 2.24) is 5.32 Å². The minimum absolute atomic E-state index is 0.530. The summed E-state index contributed by atoms with van der Waals surface area (Å²) >= 11 is 0. The summed E-state index contributed by atoms with van der Waals surface area (Å²) in [4.78, 5) is 0. The van der Waals surface area contributed by atoms with Crippen LogP contribution >= 0.6 is 0 Å². The van der Waals surface area contributed by atoms with Gasteiger partial charge in [0.05, 0.1) is 0 Å². The first-order valence-electron chi connectivity index (χ1n) is 7.01. The average molecular weight is 231 g/mol. The van der Waals surface area contributed by atoms with E-state index in [0.29, 0.717) is 5.41 Å². The quantitative estimate of drug-likeness (QED) is 0.814. The third-order valence-corrected chi connectivity index (χ3v) is 4.24. The maximum absolute atomic E-state index is 3.57. The van der Waals surface area contributed by atoms with E-state index >= 15 is 0 Å². The van der Waals surface area contributed by atoms with Gasteiger partial charge in [0.15, 0.2) is 0 Å². The highest BCUT2D eigenvalue weighted by atomic mass is 14.9. The highest BCUT2D eigenvalue weighted by Gasteiger charge is 2.33. The van der Waals surface area contributed by atoms with Crippen molar-refractivity contribution in [2.75, 3.05) is 13.1 Å². The van der Waals surface area contributed by atoms with Crippen molar-refractivity contribution in [3.05, 3.63) is 35.4 Å². The topological polar surface area (TPSA) is 12.0 Å². The fourth-order valence-electron chi connectivity index (χ4n) is 3.14. The van der Waals surface area contributed by atoms with Crippen LogP contribution in [0.15, 0.2) is 24.3 Å². The van der Waals surface area contributed by atoms with E-state index < -0.39 is 0 Å². The van der Waals surface area contributed by atoms with Gasteiger partial charge in [0.1, 0.15) is 0 Å². The predicted molar refractivity (Wildman–Crippen MR) is 74.3 cm³/mol. The van der Waals surface area contributed by atoms with E-state index in [4.69, 9.17) is 0 Å². The van der Waals surface area contributed by atoms with Gasteiger partial charge in [0.25, 0.3) is 0 Å². The molecule has 1 aliphatic carbocycles. The van der Waals surface area contributed by atoms with Gasteiger partial charge in [-0.2, -0.15) is 0 Å². The van der Waals surface area contributed by atoms with Crippen LogP contribution in [0.3, 0.4) is 0 Å². The van der Waals surface area contributed by atoms with Gasteiger partial charge in [0.2, 0.25) is 0 Å². The molecule has 0 amide bonds. The Balaban J connectivity index is 2.10. The first-order valence-corrected chi connectivity index (χ1v) is 7.01. The van der Waals surface area contributed by atoms with E-state index in [2.05, 4.69) is 43.4 Å². The largest absolute Gasteiger partial charge is 0.316 e. The summed E-state index contributed by atoms with van der Waals surface area (Å²) in [6, 6.07) is 8.87. The Morgan fingerprint density at radius 1 is 1.18 bits per heavy atom. The Hall–Kier alpha value is -0.820. The van der Waals surface area contributed by atoms with Crippen LogP contribution in [-0.2, 0) is 6.42 Å². The van der Waals surface area contributed by atoms with Crippen molar-refractivity contribution in [3.8, 4) is 0 Å². The van der Waals surface area contributed by atoms with Gasteiger partial charge in [-0.25, -0.2) is 0 Å². The summed E-state index contributed by atoms with van der Waals surface area (Å²) in [5.74, 6) is 0. The number of benzene rings is 1. The van der Waals surface area contributed by atoms with Crippen LogP contribution in [0.4, 0.5) is 0 Å². The van der Waals surface area contributed by atoms with E-state index in [9.17, 15) is 0 Å². The van der Waals surface area contributed by atoms with Crippen molar-refractivity contribution in [2.24, 2.45) is 5.41 Å². The van der Waals surface area contributed by atoms with Crippen molar-refractivity contribution in [3.63, 3.8) is 0 Å². The summed E-state index contributed by atoms with van der Waals surface area (Å²) in [7, 11) is 0. The van der Waals surface area contributed by atoms with Crippen LogP contribution in [0, 0.1) is 12.3 Å². The zero-order chi connectivity index (χ0) is 12.1. The Labute approximate surface area is 106 Å². The molecule has 0 heterocycles. The normalized spacial score (nSPS) is 18.5. The van der Waals surface area contributed by atoms with Crippen LogP contribution in [-0.4, -0.2) is 13.1 Å². The number of hydrogen-bond acceptors (Lipinski definition) is 1. The third kappa shape index (κ3) is 3.10. The second-order valence-electron chi connectivity index (χ2n) is 5.59. The molecule has 1 saturated carbocycles. The highest BCUT2D eigenvalue weighted by molar-refractivity contribution is 5.27. The van der Waals surface area contributed by atoms with Crippen molar-refractivity contribution in [1.29, 1.82) is 0 Å². The maximum Gasteiger partial charge on any atom is 0.00109 e. The first-order chi connectivity index (χ1) is 8.26. The number of rotatable bonds is 5. The molecule has 1 aromatic carbocycles. The van der Waals surface area contributed by atoms with E-state index in [1.54, 1.807) is 5.56 Å². The fourth-order valence-corrected chi connectivity index (χ4v) is 3.14. The Bertz CT molecular complexity index is 350. The lowest BCUT2D eigenvalue weighted by Crippen LogP contribution is -2.34. The summed E-state index contributed by atoms with van der Waals surface area (Å²) in [6.07, 6.45) is 6.88. The van der Waals surface area contributed by atoms with E-state index in [1.807, 2.05) is 0 Å². The summed E-state index contributed by atoms with van der Waals surface area (Å²) in [5.41, 5.74) is 3.53. The molecule has 0 saturated heterocycles. The molecule has 1 heteroatoms. The molecule has 17 heavy (non-hydrogen) atoms. The van der Waals surface area contributed by atoms with Gasteiger partial charge in [-0.1, -0.05) is 44.0 Å². The van der Waals surface area contributed by atoms with E-state index in [1.165, 1.54) is 44.2 Å². The highest BCUT2D eigenvalue weighted by Crippen LogP contribution is 2.40. The average Bonchev–Trinajstić information content (AvgIpc) is 2.79. The lowest BCUT2D eigenvalue weighted by molar-refractivity contribution is 0.279. The summed E-state index contributed by atoms with van der Waals surface area (Å²) < 4.78 is 0. The lowest BCUT2D eigenvalue weighted by Gasteiger charge is -2.30. The zero-order valence-electron chi connectivity index (χ0n) is 11.3. The van der Waals surface area contributed by atoms with Gasteiger partial charge in [-0.05, 0) is 49.3 Å². The summed E-state index contributed by atoms with van der Waals surface area (Å²) in [6.45, 7) is 6.73. The van der Waals surface area contributed by atoms with Crippen molar-refractivity contribution in [2.45, 2.75) is 46.0 Å². The molecule has 1 aliphatic rings. The molecule has 1 aromatic rings. The number of nitrogens with one attached hydrogen (secondary N) is 1. The molecular formula is C16H25N. The molecule has 0 bridgehead atoms. The molecular weight excluding hydrogens is 206 g/mol. The monoisotopic (exact) mass is 231 g/mol. The number of aryl methyl sites for hydroxylation is 1. The molecule has 1 N–H and O–H groups in total. The van der Waals surface area contributed by atoms with Gasteiger partial charge in [-0.3, -0.25) is 0 Å². The Kier molecular flexibility index (Phi) is 4.22.